The van der Waals surface area contributed by atoms with Gasteiger partial charge in [0.1, 0.15) is 0 Å². The molecule has 88 valence electrons. The molecule has 0 spiro atoms. The molecule has 15 heavy (non-hydrogen) atoms. The van der Waals surface area contributed by atoms with Crippen LogP contribution in [0.25, 0.3) is 0 Å². The van der Waals surface area contributed by atoms with Crippen LogP contribution in [0.2, 0.25) is 0 Å². The molecule has 0 bridgehead atoms. The largest absolute Gasteiger partial charge is 0.394 e. The van der Waals surface area contributed by atoms with E-state index in [1.807, 2.05) is 6.26 Å². The molecule has 1 fully saturated rings. The van der Waals surface area contributed by atoms with Gasteiger partial charge in [0.15, 0.2) is 0 Å². The maximum Gasteiger partial charge on any atom is 0.223 e. The Hall–Kier alpha value is 0.0700. The van der Waals surface area contributed by atoms with Gasteiger partial charge in [-0.15, -0.1) is 11.6 Å². The predicted octanol–water partition coefficient (Wildman–Crippen LogP) is 1.19. The SMILES string of the molecule is CSCCC(CO)N1CC(CCl)CC1=O. The Kier molecular flexibility index (Phi) is 5.79. The number of likely N-dealkylation sites (tertiary alicyclic amines) is 1. The van der Waals surface area contributed by atoms with Gasteiger partial charge in [0, 0.05) is 18.8 Å². The molecule has 1 aliphatic rings. The van der Waals surface area contributed by atoms with Gasteiger partial charge in [-0.1, -0.05) is 0 Å². The maximum absolute atomic E-state index is 11.7. The van der Waals surface area contributed by atoms with Gasteiger partial charge < -0.3 is 10.0 Å². The Labute approximate surface area is 100 Å². The number of carbonyl (C=O) groups is 1. The number of halogens is 1. The summed E-state index contributed by atoms with van der Waals surface area (Å²) in [7, 11) is 0. The zero-order valence-corrected chi connectivity index (χ0v) is 10.6. The molecule has 0 aliphatic carbocycles. The van der Waals surface area contributed by atoms with Crippen LogP contribution in [0.4, 0.5) is 0 Å². The minimum Gasteiger partial charge on any atom is -0.394 e. The Bertz CT molecular complexity index is 216. The molecule has 1 N–H and O–H groups in total. The molecule has 0 radical (unpaired) electrons. The van der Waals surface area contributed by atoms with Crippen LogP contribution in [0.5, 0.6) is 0 Å². The molecule has 2 atom stereocenters. The van der Waals surface area contributed by atoms with Crippen molar-refractivity contribution in [1.82, 2.24) is 4.90 Å². The van der Waals surface area contributed by atoms with Crippen molar-refractivity contribution in [1.29, 1.82) is 0 Å². The van der Waals surface area contributed by atoms with E-state index in [1.54, 1.807) is 16.7 Å². The van der Waals surface area contributed by atoms with Crippen molar-refractivity contribution in [2.45, 2.75) is 18.9 Å². The van der Waals surface area contributed by atoms with Crippen molar-refractivity contribution < 1.29 is 9.90 Å². The van der Waals surface area contributed by atoms with Crippen molar-refractivity contribution in [3.63, 3.8) is 0 Å². The van der Waals surface area contributed by atoms with Gasteiger partial charge in [-0.3, -0.25) is 4.79 Å². The highest BCUT2D eigenvalue weighted by Gasteiger charge is 2.33. The molecule has 5 heteroatoms. The Morgan fingerprint density at radius 2 is 2.47 bits per heavy atom. The van der Waals surface area contributed by atoms with E-state index >= 15 is 0 Å². The standard InChI is InChI=1S/C10H18ClNO2S/c1-15-3-2-9(7-13)12-6-8(5-11)4-10(12)14/h8-9,13H,2-7H2,1H3. The molecule has 3 nitrogen and oxygen atoms in total. The topological polar surface area (TPSA) is 40.5 Å². The molecule has 0 aromatic carbocycles. The predicted molar refractivity (Wildman–Crippen MR) is 64.4 cm³/mol. The highest BCUT2D eigenvalue weighted by Crippen LogP contribution is 2.22. The summed E-state index contributed by atoms with van der Waals surface area (Å²) in [5.41, 5.74) is 0. The number of amides is 1. The fourth-order valence-electron chi connectivity index (χ4n) is 1.86. The summed E-state index contributed by atoms with van der Waals surface area (Å²) in [4.78, 5) is 13.5. The zero-order valence-electron chi connectivity index (χ0n) is 8.99. The molecule has 1 amide bonds. The first-order chi connectivity index (χ1) is 7.22. The first kappa shape index (κ1) is 13.1. The molecular formula is C10H18ClNO2S. The summed E-state index contributed by atoms with van der Waals surface area (Å²) < 4.78 is 0. The summed E-state index contributed by atoms with van der Waals surface area (Å²) in [5, 5.41) is 9.25. The van der Waals surface area contributed by atoms with Crippen LogP contribution < -0.4 is 0 Å². The smallest absolute Gasteiger partial charge is 0.223 e. The van der Waals surface area contributed by atoms with Gasteiger partial charge >= 0.3 is 0 Å². The van der Waals surface area contributed by atoms with Crippen LogP contribution in [-0.4, -0.2) is 53.0 Å². The summed E-state index contributed by atoms with van der Waals surface area (Å²) >= 11 is 7.48. The van der Waals surface area contributed by atoms with E-state index in [-0.39, 0.29) is 24.5 Å². The molecule has 0 aromatic heterocycles. The van der Waals surface area contributed by atoms with E-state index in [4.69, 9.17) is 11.6 Å². The van der Waals surface area contributed by atoms with E-state index in [9.17, 15) is 9.90 Å². The van der Waals surface area contributed by atoms with Gasteiger partial charge in [-0.25, -0.2) is 0 Å². The Morgan fingerprint density at radius 3 is 2.93 bits per heavy atom. The van der Waals surface area contributed by atoms with Gasteiger partial charge in [0.2, 0.25) is 5.91 Å². The van der Waals surface area contributed by atoms with Crippen LogP contribution in [0.15, 0.2) is 0 Å². The second kappa shape index (κ2) is 6.61. The van der Waals surface area contributed by atoms with E-state index in [0.29, 0.717) is 18.8 Å². The molecule has 0 saturated carbocycles. The summed E-state index contributed by atoms with van der Waals surface area (Å²) in [6, 6.07) is -0.0156. The Balaban J connectivity index is 2.49. The Morgan fingerprint density at radius 1 is 1.73 bits per heavy atom. The second-order valence-corrected chi connectivity index (χ2v) is 5.18. The summed E-state index contributed by atoms with van der Waals surface area (Å²) in [5.74, 6) is 1.91. The van der Waals surface area contributed by atoms with Crippen LogP contribution in [0, 0.1) is 5.92 Å². The van der Waals surface area contributed by atoms with E-state index in [2.05, 4.69) is 0 Å². The quantitative estimate of drug-likeness (QED) is 0.721. The van der Waals surface area contributed by atoms with Gasteiger partial charge in [0.25, 0.3) is 0 Å². The number of aliphatic hydroxyl groups is 1. The number of hydrogen-bond donors (Lipinski definition) is 1. The lowest BCUT2D eigenvalue weighted by Gasteiger charge is -2.26. The van der Waals surface area contributed by atoms with Crippen LogP contribution >= 0.6 is 23.4 Å². The average molecular weight is 252 g/mol. The molecule has 1 aliphatic heterocycles. The highest BCUT2D eigenvalue weighted by atomic mass is 35.5. The monoisotopic (exact) mass is 251 g/mol. The lowest BCUT2D eigenvalue weighted by molar-refractivity contribution is -0.130. The van der Waals surface area contributed by atoms with Crippen molar-refractivity contribution in [2.24, 2.45) is 5.92 Å². The minimum absolute atomic E-state index is 0.0156. The number of rotatable bonds is 6. The molecular weight excluding hydrogens is 234 g/mol. The first-order valence-electron chi connectivity index (χ1n) is 5.18. The summed E-state index contributed by atoms with van der Waals surface area (Å²) in [6.07, 6.45) is 3.43. The van der Waals surface area contributed by atoms with Crippen LogP contribution in [0.1, 0.15) is 12.8 Å². The fourth-order valence-corrected chi connectivity index (χ4v) is 2.58. The van der Waals surface area contributed by atoms with E-state index in [1.165, 1.54) is 0 Å². The molecule has 2 unspecified atom stereocenters. The number of aliphatic hydroxyl groups excluding tert-OH is 1. The van der Waals surface area contributed by atoms with Crippen molar-refractivity contribution in [3.8, 4) is 0 Å². The van der Waals surface area contributed by atoms with Crippen molar-refractivity contribution >= 4 is 29.3 Å². The third kappa shape index (κ3) is 3.54. The zero-order chi connectivity index (χ0) is 11.3. The number of carbonyl (C=O) groups excluding carboxylic acids is 1. The van der Waals surface area contributed by atoms with E-state index < -0.39 is 0 Å². The lowest BCUT2D eigenvalue weighted by Crippen LogP contribution is -2.39. The number of nitrogens with zero attached hydrogens (tertiary/aromatic N) is 1. The van der Waals surface area contributed by atoms with Crippen LogP contribution in [-0.2, 0) is 4.79 Å². The molecule has 1 rings (SSSR count). The molecule has 1 saturated heterocycles. The molecule has 0 aromatic rings. The van der Waals surface area contributed by atoms with Crippen molar-refractivity contribution in [3.05, 3.63) is 0 Å². The van der Waals surface area contributed by atoms with Gasteiger partial charge in [0.05, 0.1) is 12.6 Å². The third-order valence-electron chi connectivity index (χ3n) is 2.76. The highest BCUT2D eigenvalue weighted by molar-refractivity contribution is 7.98. The number of thioether (sulfide) groups is 1. The average Bonchev–Trinajstić information content (AvgIpc) is 2.61. The van der Waals surface area contributed by atoms with Gasteiger partial charge in [-0.05, 0) is 24.3 Å². The van der Waals surface area contributed by atoms with Crippen LogP contribution in [0.3, 0.4) is 0 Å². The number of alkyl halides is 1. The van der Waals surface area contributed by atoms with Gasteiger partial charge in [-0.2, -0.15) is 11.8 Å². The molecule has 1 heterocycles. The fraction of sp³-hybridized carbons (Fsp3) is 0.900. The second-order valence-electron chi connectivity index (χ2n) is 3.89. The van der Waals surface area contributed by atoms with E-state index in [0.717, 1.165) is 12.2 Å². The first-order valence-corrected chi connectivity index (χ1v) is 7.11. The minimum atomic E-state index is -0.0156. The maximum atomic E-state index is 11.7. The third-order valence-corrected chi connectivity index (χ3v) is 3.84. The number of hydrogen-bond acceptors (Lipinski definition) is 3. The normalized spacial score (nSPS) is 23.5. The summed E-state index contributed by atoms with van der Waals surface area (Å²) in [6.45, 7) is 0.767. The van der Waals surface area contributed by atoms with Crippen molar-refractivity contribution in [2.75, 3.05) is 31.0 Å². The lowest BCUT2D eigenvalue weighted by atomic mass is 10.1.